The Hall–Kier alpha value is -2.40. The summed E-state index contributed by atoms with van der Waals surface area (Å²) in [5.41, 5.74) is 1.91. The van der Waals surface area contributed by atoms with Gasteiger partial charge in [0.25, 0.3) is 5.91 Å². The minimum Gasteiger partial charge on any atom is -0.490 e. The van der Waals surface area contributed by atoms with Crippen LogP contribution < -0.4 is 4.74 Å². The van der Waals surface area contributed by atoms with Crippen LogP contribution in [0.25, 0.3) is 0 Å². The number of amides is 1. The van der Waals surface area contributed by atoms with Crippen LogP contribution in [0.15, 0.2) is 48.7 Å². The van der Waals surface area contributed by atoms with E-state index in [1.54, 1.807) is 0 Å². The maximum absolute atomic E-state index is 13.0. The maximum Gasteiger partial charge on any atom is 0.253 e. The standard InChI is InChI=1S/C27H35N3O2/c31-27(30-18-12-21-5-1-2-6-23(21)19-30)22-8-10-25(11-9-22)32-26-13-16-29(17-14-26)20-24-7-3-4-15-28-24/h3-4,7-11,15,21,23,26H,1-2,5-6,12-14,16-20H2/t21-,23-/m0/s1. The molecule has 1 aromatic heterocycles. The molecule has 0 bridgehead atoms. The smallest absolute Gasteiger partial charge is 0.253 e. The van der Waals surface area contributed by atoms with Crippen molar-refractivity contribution in [2.45, 2.75) is 57.6 Å². The number of carbonyl (C=O) groups is 1. The molecule has 5 nitrogen and oxygen atoms in total. The molecular formula is C27H35N3O2. The molecule has 1 amide bonds. The lowest BCUT2D eigenvalue weighted by molar-refractivity contribution is 0.0521. The summed E-state index contributed by atoms with van der Waals surface area (Å²) in [5.74, 6) is 2.62. The van der Waals surface area contributed by atoms with Crippen LogP contribution in [-0.4, -0.2) is 53.0 Å². The molecule has 1 aromatic carbocycles. The van der Waals surface area contributed by atoms with E-state index in [2.05, 4.69) is 20.9 Å². The van der Waals surface area contributed by atoms with Crippen molar-refractivity contribution in [1.82, 2.24) is 14.8 Å². The van der Waals surface area contributed by atoms with Crippen molar-refractivity contribution in [2.75, 3.05) is 26.2 Å². The number of aromatic nitrogens is 1. The molecule has 2 atom stereocenters. The second kappa shape index (κ2) is 10.0. The number of hydrogen-bond acceptors (Lipinski definition) is 4. The van der Waals surface area contributed by atoms with Gasteiger partial charge in [-0.15, -0.1) is 0 Å². The number of rotatable bonds is 5. The lowest BCUT2D eigenvalue weighted by atomic mass is 9.75. The van der Waals surface area contributed by atoms with Gasteiger partial charge < -0.3 is 9.64 Å². The second-order valence-electron chi connectivity index (χ2n) is 9.78. The van der Waals surface area contributed by atoms with Crippen LogP contribution in [0.2, 0.25) is 0 Å². The van der Waals surface area contributed by atoms with Gasteiger partial charge in [-0.1, -0.05) is 25.3 Å². The van der Waals surface area contributed by atoms with E-state index in [1.165, 1.54) is 32.1 Å². The molecule has 3 fully saturated rings. The summed E-state index contributed by atoms with van der Waals surface area (Å²) in [6, 6.07) is 13.9. The first-order valence-electron chi connectivity index (χ1n) is 12.4. The Labute approximate surface area is 191 Å². The predicted octanol–water partition coefficient (Wildman–Crippen LogP) is 4.78. The summed E-state index contributed by atoms with van der Waals surface area (Å²) in [7, 11) is 0. The first kappa shape index (κ1) is 21.4. The van der Waals surface area contributed by atoms with Crippen LogP contribution in [0.1, 0.15) is 61.0 Å². The summed E-state index contributed by atoms with van der Waals surface area (Å²) < 4.78 is 6.24. The van der Waals surface area contributed by atoms with Crippen LogP contribution >= 0.6 is 0 Å². The fourth-order valence-electron chi connectivity index (χ4n) is 5.74. The van der Waals surface area contributed by atoms with Crippen LogP contribution in [-0.2, 0) is 6.54 Å². The van der Waals surface area contributed by atoms with Crippen molar-refractivity contribution in [2.24, 2.45) is 11.8 Å². The highest BCUT2D eigenvalue weighted by atomic mass is 16.5. The fraction of sp³-hybridized carbons (Fsp3) is 0.556. The first-order valence-corrected chi connectivity index (χ1v) is 12.4. The highest BCUT2D eigenvalue weighted by molar-refractivity contribution is 5.94. The molecule has 2 aliphatic heterocycles. The molecule has 0 radical (unpaired) electrons. The van der Waals surface area contributed by atoms with Gasteiger partial charge in [0.05, 0.1) is 5.69 Å². The third-order valence-corrected chi connectivity index (χ3v) is 7.63. The van der Waals surface area contributed by atoms with Crippen molar-refractivity contribution in [3.05, 3.63) is 59.9 Å². The minimum atomic E-state index is 0.184. The van der Waals surface area contributed by atoms with E-state index in [1.807, 2.05) is 42.6 Å². The molecular weight excluding hydrogens is 398 g/mol. The van der Waals surface area contributed by atoms with Gasteiger partial charge in [-0.3, -0.25) is 14.7 Å². The summed E-state index contributed by atoms with van der Waals surface area (Å²) >= 11 is 0. The third-order valence-electron chi connectivity index (χ3n) is 7.63. The number of piperidine rings is 2. The Bertz CT molecular complexity index is 878. The molecule has 0 spiro atoms. The van der Waals surface area contributed by atoms with E-state index >= 15 is 0 Å². The van der Waals surface area contributed by atoms with E-state index < -0.39 is 0 Å². The molecule has 1 saturated carbocycles. The molecule has 2 saturated heterocycles. The van der Waals surface area contributed by atoms with E-state index in [-0.39, 0.29) is 12.0 Å². The summed E-state index contributed by atoms with van der Waals surface area (Å²) in [4.78, 5) is 22.0. The van der Waals surface area contributed by atoms with E-state index in [9.17, 15) is 4.79 Å². The first-order chi connectivity index (χ1) is 15.7. The Morgan fingerprint density at radius 1 is 0.906 bits per heavy atom. The van der Waals surface area contributed by atoms with Gasteiger partial charge in [0, 0.05) is 44.5 Å². The van der Waals surface area contributed by atoms with Crippen LogP contribution in [0.4, 0.5) is 0 Å². The second-order valence-corrected chi connectivity index (χ2v) is 9.78. The molecule has 32 heavy (non-hydrogen) atoms. The number of ether oxygens (including phenoxy) is 1. The largest absolute Gasteiger partial charge is 0.490 e. The van der Waals surface area contributed by atoms with E-state index in [4.69, 9.17) is 4.74 Å². The minimum absolute atomic E-state index is 0.184. The van der Waals surface area contributed by atoms with Crippen molar-refractivity contribution in [1.29, 1.82) is 0 Å². The van der Waals surface area contributed by atoms with Gasteiger partial charge in [0.2, 0.25) is 0 Å². The number of likely N-dealkylation sites (tertiary alicyclic amines) is 2. The van der Waals surface area contributed by atoms with Gasteiger partial charge >= 0.3 is 0 Å². The van der Waals surface area contributed by atoms with Gasteiger partial charge in [-0.05, 0) is 73.9 Å². The zero-order chi connectivity index (χ0) is 21.8. The number of benzene rings is 1. The highest BCUT2D eigenvalue weighted by Gasteiger charge is 2.33. The monoisotopic (exact) mass is 433 g/mol. The molecule has 5 rings (SSSR count). The van der Waals surface area contributed by atoms with Crippen molar-refractivity contribution in [3.8, 4) is 5.75 Å². The highest BCUT2D eigenvalue weighted by Crippen LogP contribution is 2.36. The molecule has 3 heterocycles. The lowest BCUT2D eigenvalue weighted by Crippen LogP contribution is -2.44. The molecule has 3 aliphatic rings. The van der Waals surface area contributed by atoms with Gasteiger partial charge in [0.15, 0.2) is 0 Å². The fourth-order valence-corrected chi connectivity index (χ4v) is 5.74. The molecule has 1 aliphatic carbocycles. The van der Waals surface area contributed by atoms with Crippen LogP contribution in [0.5, 0.6) is 5.75 Å². The van der Waals surface area contributed by atoms with Crippen LogP contribution in [0, 0.1) is 11.8 Å². The predicted molar refractivity (Wildman–Crippen MR) is 126 cm³/mol. The Morgan fingerprint density at radius 2 is 1.69 bits per heavy atom. The Morgan fingerprint density at radius 3 is 2.44 bits per heavy atom. The summed E-state index contributed by atoms with van der Waals surface area (Å²) in [6.45, 7) is 4.81. The Balaban J connectivity index is 1.10. The zero-order valence-corrected chi connectivity index (χ0v) is 19.0. The molecule has 170 valence electrons. The number of pyridine rings is 1. The topological polar surface area (TPSA) is 45.7 Å². The molecule has 0 N–H and O–H groups in total. The maximum atomic E-state index is 13.0. The molecule has 2 aromatic rings. The summed E-state index contributed by atoms with van der Waals surface area (Å²) in [5, 5.41) is 0. The van der Waals surface area contributed by atoms with Crippen molar-refractivity contribution < 1.29 is 9.53 Å². The average molecular weight is 434 g/mol. The summed E-state index contributed by atoms with van der Waals surface area (Å²) in [6.07, 6.45) is 10.7. The lowest BCUT2D eigenvalue weighted by Gasteiger charge is -2.41. The van der Waals surface area contributed by atoms with Gasteiger partial charge in [0.1, 0.15) is 11.9 Å². The van der Waals surface area contributed by atoms with E-state index in [0.717, 1.165) is 68.5 Å². The van der Waals surface area contributed by atoms with Crippen LogP contribution in [0.3, 0.4) is 0 Å². The molecule has 5 heteroatoms. The zero-order valence-electron chi connectivity index (χ0n) is 19.0. The third kappa shape index (κ3) is 5.15. The van der Waals surface area contributed by atoms with Crippen molar-refractivity contribution >= 4 is 5.91 Å². The number of carbonyl (C=O) groups excluding carboxylic acids is 1. The SMILES string of the molecule is O=C(c1ccc(OC2CCN(Cc3ccccn3)CC2)cc1)N1CC[C@@H]2CCCC[C@H]2C1. The number of nitrogens with zero attached hydrogens (tertiary/aromatic N) is 3. The van der Waals surface area contributed by atoms with Gasteiger partial charge in [-0.2, -0.15) is 0 Å². The molecule has 0 unspecified atom stereocenters. The van der Waals surface area contributed by atoms with Gasteiger partial charge in [-0.25, -0.2) is 0 Å². The van der Waals surface area contributed by atoms with Crippen molar-refractivity contribution in [3.63, 3.8) is 0 Å². The number of fused-ring (bicyclic) bond motifs is 1. The van der Waals surface area contributed by atoms with E-state index in [0.29, 0.717) is 5.92 Å². The number of hydrogen-bond donors (Lipinski definition) is 0. The quantitative estimate of drug-likeness (QED) is 0.681. The normalized spacial score (nSPS) is 24.7. The Kier molecular flexibility index (Phi) is 6.72. The average Bonchev–Trinajstić information content (AvgIpc) is 2.86.